The Hall–Kier alpha value is -3.03. The summed E-state index contributed by atoms with van der Waals surface area (Å²) in [5, 5.41) is 0. The first-order valence-electron chi connectivity index (χ1n) is 6.60. The van der Waals surface area contributed by atoms with Crippen molar-refractivity contribution in [2.24, 2.45) is 0 Å². The van der Waals surface area contributed by atoms with E-state index in [1.165, 1.54) is 13.0 Å². The monoisotopic (exact) mass is 337 g/mol. The molecule has 1 heterocycles. The second kappa shape index (κ2) is 5.26. The molecule has 4 nitrogen and oxygen atoms in total. The van der Waals surface area contributed by atoms with Crippen molar-refractivity contribution in [3.63, 3.8) is 0 Å². The molecule has 0 aromatic heterocycles. The molecule has 0 bridgehead atoms. The molecule has 0 saturated carbocycles. The van der Waals surface area contributed by atoms with E-state index in [2.05, 4.69) is 0 Å². The lowest BCUT2D eigenvalue weighted by molar-refractivity contribution is -0.113. The van der Waals surface area contributed by atoms with Crippen LogP contribution in [0, 0.1) is 23.3 Å². The molecule has 0 unspecified atom stereocenters. The molecule has 2 aromatic carbocycles. The van der Waals surface area contributed by atoms with E-state index < -0.39 is 46.4 Å². The summed E-state index contributed by atoms with van der Waals surface area (Å²) in [5.41, 5.74) is -1.77. The Labute approximate surface area is 132 Å². The molecule has 8 heteroatoms. The van der Waals surface area contributed by atoms with Gasteiger partial charge in [0.2, 0.25) is 0 Å². The molecule has 122 valence electrons. The third-order valence-electron chi connectivity index (χ3n) is 3.60. The van der Waals surface area contributed by atoms with Crippen molar-refractivity contribution in [3.05, 3.63) is 58.7 Å². The molecule has 0 fully saturated rings. The van der Waals surface area contributed by atoms with Crippen LogP contribution < -0.4 is 4.90 Å². The molecule has 1 amide bonds. The van der Waals surface area contributed by atoms with Crippen LogP contribution in [0.5, 0.6) is 0 Å². The lowest BCUT2D eigenvalue weighted by Gasteiger charge is -2.18. The van der Waals surface area contributed by atoms with Crippen molar-refractivity contribution < 1.29 is 31.9 Å². The van der Waals surface area contributed by atoms with Crippen molar-refractivity contribution in [1.82, 2.24) is 0 Å². The fourth-order valence-corrected chi connectivity index (χ4v) is 2.44. The van der Waals surface area contributed by atoms with E-state index in [1.54, 1.807) is 0 Å². The first-order chi connectivity index (χ1) is 11.2. The van der Waals surface area contributed by atoms with Crippen molar-refractivity contribution in [1.29, 1.82) is 0 Å². The molecule has 24 heavy (non-hydrogen) atoms. The van der Waals surface area contributed by atoms with Crippen LogP contribution in [0.15, 0.2) is 24.3 Å². The zero-order valence-electron chi connectivity index (χ0n) is 12.0. The first-order valence-corrected chi connectivity index (χ1v) is 6.60. The van der Waals surface area contributed by atoms with Gasteiger partial charge in [-0.1, -0.05) is 0 Å². The second-order valence-electron chi connectivity index (χ2n) is 5.07. The Bertz CT molecular complexity index is 913. The zero-order valence-corrected chi connectivity index (χ0v) is 12.0. The second-order valence-corrected chi connectivity index (χ2v) is 5.07. The molecule has 0 atom stereocenters. The lowest BCUT2D eigenvalue weighted by Crippen LogP contribution is -2.27. The summed E-state index contributed by atoms with van der Waals surface area (Å²) in [6.07, 6.45) is 0. The van der Waals surface area contributed by atoms with Gasteiger partial charge in [0.15, 0.2) is 29.1 Å². The number of halogens is 4. The van der Waals surface area contributed by atoms with Crippen molar-refractivity contribution >= 4 is 28.8 Å². The SMILES string of the molecule is CC(=O)c1ccc2c(c1)C(=O)C(=O)N2c1c(F)c(F)cc(F)c1F. The summed E-state index contributed by atoms with van der Waals surface area (Å²) >= 11 is 0. The van der Waals surface area contributed by atoms with Crippen LogP contribution in [0.4, 0.5) is 28.9 Å². The highest BCUT2D eigenvalue weighted by molar-refractivity contribution is 6.53. The number of rotatable bonds is 2. The van der Waals surface area contributed by atoms with Gasteiger partial charge >= 0.3 is 5.91 Å². The minimum atomic E-state index is -1.81. The largest absolute Gasteiger partial charge is 0.304 e. The summed E-state index contributed by atoms with van der Waals surface area (Å²) in [7, 11) is 0. The first kappa shape index (κ1) is 15.9. The van der Waals surface area contributed by atoms with Crippen LogP contribution in [-0.2, 0) is 4.79 Å². The summed E-state index contributed by atoms with van der Waals surface area (Å²) < 4.78 is 54.7. The van der Waals surface area contributed by atoms with Gasteiger partial charge in [0.05, 0.1) is 11.3 Å². The van der Waals surface area contributed by atoms with Crippen molar-refractivity contribution in [2.75, 3.05) is 4.90 Å². The Morgan fingerprint density at radius 2 is 1.54 bits per heavy atom. The Balaban J connectivity index is 2.28. The molecule has 1 aliphatic heterocycles. The van der Waals surface area contributed by atoms with E-state index in [1.807, 2.05) is 0 Å². The number of carbonyl (C=O) groups excluding carboxylic acids is 3. The van der Waals surface area contributed by atoms with Gasteiger partial charge in [-0.2, -0.15) is 0 Å². The standard InChI is InChI=1S/C16H7F4NO3/c1-6(22)7-2-3-11-8(4-7)15(23)16(24)21(11)14-12(19)9(17)5-10(18)13(14)20/h2-5H,1H3. The molecule has 0 saturated heterocycles. The predicted octanol–water partition coefficient (Wildman–Crippen LogP) is 3.31. The van der Waals surface area contributed by atoms with Gasteiger partial charge in [-0.05, 0) is 25.1 Å². The smallest absolute Gasteiger partial charge is 0.295 e. The number of benzene rings is 2. The molecular formula is C16H7F4NO3. The molecule has 3 rings (SSSR count). The Kier molecular flexibility index (Phi) is 3.47. The number of Topliss-reactive ketones (excluding diaryl/α,β-unsaturated/α-hetero) is 2. The number of hydrogen-bond acceptors (Lipinski definition) is 3. The maximum Gasteiger partial charge on any atom is 0.304 e. The average molecular weight is 337 g/mol. The van der Waals surface area contributed by atoms with Gasteiger partial charge in [0.25, 0.3) is 5.78 Å². The molecule has 0 aliphatic carbocycles. The highest BCUT2D eigenvalue weighted by atomic mass is 19.2. The fourth-order valence-electron chi connectivity index (χ4n) is 2.44. The maximum atomic E-state index is 14.0. The molecule has 0 N–H and O–H groups in total. The van der Waals surface area contributed by atoms with Crippen molar-refractivity contribution in [3.8, 4) is 0 Å². The lowest BCUT2D eigenvalue weighted by atomic mass is 10.1. The Morgan fingerprint density at radius 1 is 0.958 bits per heavy atom. The van der Waals surface area contributed by atoms with E-state index in [9.17, 15) is 31.9 Å². The van der Waals surface area contributed by atoms with Gasteiger partial charge in [0, 0.05) is 11.6 Å². The molecule has 0 spiro atoms. The highest BCUT2D eigenvalue weighted by Crippen LogP contribution is 2.39. The molecule has 1 aliphatic rings. The normalized spacial score (nSPS) is 13.5. The van der Waals surface area contributed by atoms with E-state index in [-0.39, 0.29) is 27.8 Å². The third-order valence-corrected chi connectivity index (χ3v) is 3.60. The summed E-state index contributed by atoms with van der Waals surface area (Å²) in [6.45, 7) is 1.22. The van der Waals surface area contributed by atoms with Gasteiger partial charge < -0.3 is 0 Å². The number of ketones is 2. The number of anilines is 2. The summed E-state index contributed by atoms with van der Waals surface area (Å²) in [5.74, 6) is -9.95. The van der Waals surface area contributed by atoms with Gasteiger partial charge in [0.1, 0.15) is 5.69 Å². The molecule has 0 radical (unpaired) electrons. The van der Waals surface area contributed by atoms with Crippen LogP contribution in [-0.4, -0.2) is 17.5 Å². The van der Waals surface area contributed by atoms with Crippen LogP contribution >= 0.6 is 0 Å². The highest BCUT2D eigenvalue weighted by Gasteiger charge is 2.41. The zero-order chi connectivity index (χ0) is 17.8. The minimum absolute atomic E-state index is 0.00367. The van der Waals surface area contributed by atoms with E-state index in [0.717, 1.165) is 12.1 Å². The Morgan fingerprint density at radius 3 is 2.08 bits per heavy atom. The number of fused-ring (bicyclic) bond motifs is 1. The van der Waals surface area contributed by atoms with Gasteiger partial charge in [-0.15, -0.1) is 0 Å². The van der Waals surface area contributed by atoms with Crippen molar-refractivity contribution in [2.45, 2.75) is 6.92 Å². The number of amides is 1. The molecular weight excluding hydrogens is 330 g/mol. The van der Waals surface area contributed by atoms with E-state index in [4.69, 9.17) is 0 Å². The van der Waals surface area contributed by atoms with E-state index >= 15 is 0 Å². The summed E-state index contributed by atoms with van der Waals surface area (Å²) in [4.78, 5) is 35.7. The van der Waals surface area contributed by atoms with Gasteiger partial charge in [-0.3, -0.25) is 19.3 Å². The number of hydrogen-bond donors (Lipinski definition) is 0. The minimum Gasteiger partial charge on any atom is -0.295 e. The number of carbonyl (C=O) groups is 3. The quantitative estimate of drug-likeness (QED) is 0.366. The summed E-state index contributed by atoms with van der Waals surface area (Å²) in [6, 6.07) is 3.42. The predicted molar refractivity (Wildman–Crippen MR) is 74.2 cm³/mol. The van der Waals surface area contributed by atoms with Crippen LogP contribution in [0.2, 0.25) is 0 Å². The fraction of sp³-hybridized carbons (Fsp3) is 0.0625. The maximum absolute atomic E-state index is 14.0. The average Bonchev–Trinajstić information content (AvgIpc) is 2.78. The van der Waals surface area contributed by atoms with Gasteiger partial charge in [-0.25, -0.2) is 17.6 Å². The third kappa shape index (κ3) is 2.10. The van der Waals surface area contributed by atoms with E-state index in [0.29, 0.717) is 0 Å². The molecule has 2 aromatic rings. The van der Waals surface area contributed by atoms with Crippen LogP contribution in [0.25, 0.3) is 0 Å². The number of nitrogens with zero attached hydrogens (tertiary/aromatic N) is 1. The topological polar surface area (TPSA) is 54.5 Å². The van der Waals surface area contributed by atoms with Crippen LogP contribution in [0.3, 0.4) is 0 Å². The van der Waals surface area contributed by atoms with Crippen LogP contribution in [0.1, 0.15) is 27.6 Å².